The summed E-state index contributed by atoms with van der Waals surface area (Å²) in [7, 11) is 0. The predicted molar refractivity (Wildman–Crippen MR) is 72.5 cm³/mol. The van der Waals surface area contributed by atoms with Crippen LogP contribution in [0.2, 0.25) is 15.1 Å². The van der Waals surface area contributed by atoms with Crippen LogP contribution >= 0.6 is 34.8 Å². The third-order valence-corrected chi connectivity index (χ3v) is 3.69. The molecule has 2 aromatic rings. The van der Waals surface area contributed by atoms with Gasteiger partial charge in [0.2, 0.25) is 5.56 Å². The van der Waals surface area contributed by atoms with E-state index in [1.165, 1.54) is 12.1 Å². The molecule has 106 valence electrons. The minimum atomic E-state index is -4.71. The average Bonchev–Trinajstić information content (AvgIpc) is 2.34. The Kier molecular flexibility index (Phi) is 4.04. The Morgan fingerprint density at radius 1 is 1.00 bits per heavy atom. The first-order valence-electron chi connectivity index (χ1n) is 5.15. The van der Waals surface area contributed by atoms with Gasteiger partial charge in [0.05, 0.1) is 15.1 Å². The Labute approximate surface area is 126 Å². The standard InChI is InChI=1S/C12H5Cl3F3NO/c13-7-3-5(4-8(14)10(7)15)6-1-2-9(20)19-11(6)12(16,17)18/h1-4H,(H,19,20). The molecule has 2 nitrogen and oxygen atoms in total. The van der Waals surface area contributed by atoms with E-state index in [-0.39, 0.29) is 26.2 Å². The van der Waals surface area contributed by atoms with Gasteiger partial charge in [-0.1, -0.05) is 34.8 Å². The van der Waals surface area contributed by atoms with E-state index in [0.717, 1.165) is 12.1 Å². The summed E-state index contributed by atoms with van der Waals surface area (Å²) < 4.78 is 38.8. The van der Waals surface area contributed by atoms with E-state index in [0.29, 0.717) is 0 Å². The summed E-state index contributed by atoms with van der Waals surface area (Å²) in [6, 6.07) is 4.54. The van der Waals surface area contributed by atoms with Crippen molar-refractivity contribution in [3.63, 3.8) is 0 Å². The second-order valence-corrected chi connectivity index (χ2v) is 5.06. The van der Waals surface area contributed by atoms with Crippen LogP contribution in [0.25, 0.3) is 11.1 Å². The highest BCUT2D eigenvalue weighted by molar-refractivity contribution is 6.48. The monoisotopic (exact) mass is 341 g/mol. The van der Waals surface area contributed by atoms with Crippen molar-refractivity contribution in [1.82, 2.24) is 4.98 Å². The molecule has 0 unspecified atom stereocenters. The molecule has 0 fully saturated rings. The molecule has 0 aliphatic carbocycles. The van der Waals surface area contributed by atoms with Gasteiger partial charge in [0.15, 0.2) is 0 Å². The van der Waals surface area contributed by atoms with Crippen LogP contribution in [-0.2, 0) is 6.18 Å². The van der Waals surface area contributed by atoms with Gasteiger partial charge in [0, 0.05) is 11.6 Å². The molecule has 0 aliphatic heterocycles. The molecule has 0 radical (unpaired) electrons. The average molecular weight is 343 g/mol. The number of H-pyrrole nitrogens is 1. The quantitative estimate of drug-likeness (QED) is 0.725. The Hall–Kier alpha value is -1.17. The van der Waals surface area contributed by atoms with Crippen LogP contribution in [0.1, 0.15) is 5.69 Å². The van der Waals surface area contributed by atoms with Crippen LogP contribution in [0.5, 0.6) is 0 Å². The summed E-state index contributed by atoms with van der Waals surface area (Å²) in [4.78, 5) is 12.8. The largest absolute Gasteiger partial charge is 0.431 e. The molecule has 0 spiro atoms. The highest BCUT2D eigenvalue weighted by Gasteiger charge is 2.35. The van der Waals surface area contributed by atoms with Crippen LogP contribution in [0.15, 0.2) is 29.1 Å². The zero-order chi connectivity index (χ0) is 15.1. The SMILES string of the molecule is O=c1ccc(-c2cc(Cl)c(Cl)c(Cl)c2)c(C(F)(F)F)[nH]1. The molecule has 8 heteroatoms. The maximum absolute atomic E-state index is 12.9. The van der Waals surface area contributed by atoms with E-state index in [1.807, 2.05) is 0 Å². The molecular weight excluding hydrogens is 337 g/mol. The molecule has 1 N–H and O–H groups in total. The first-order chi connectivity index (χ1) is 9.20. The molecule has 2 rings (SSSR count). The second kappa shape index (κ2) is 5.31. The molecule has 20 heavy (non-hydrogen) atoms. The number of alkyl halides is 3. The summed E-state index contributed by atoms with van der Waals surface area (Å²) in [6.07, 6.45) is -4.71. The lowest BCUT2D eigenvalue weighted by atomic mass is 10.0. The summed E-state index contributed by atoms with van der Waals surface area (Å²) in [5, 5.41) is 0.0945. The molecule has 1 heterocycles. The third kappa shape index (κ3) is 2.95. The van der Waals surface area contributed by atoms with E-state index < -0.39 is 17.4 Å². The summed E-state index contributed by atoms with van der Waals surface area (Å²) in [6.45, 7) is 0. The van der Waals surface area contributed by atoms with Gasteiger partial charge in [-0.15, -0.1) is 0 Å². The zero-order valence-corrected chi connectivity index (χ0v) is 11.8. The molecule has 0 bridgehead atoms. The highest BCUT2D eigenvalue weighted by atomic mass is 35.5. The van der Waals surface area contributed by atoms with E-state index in [9.17, 15) is 18.0 Å². The fourth-order valence-electron chi connectivity index (χ4n) is 1.65. The Balaban J connectivity index is 2.73. The molecule has 0 saturated carbocycles. The summed E-state index contributed by atoms with van der Waals surface area (Å²) >= 11 is 17.3. The fraction of sp³-hybridized carbons (Fsp3) is 0.0833. The summed E-state index contributed by atoms with van der Waals surface area (Å²) in [5.41, 5.74) is -2.16. The Morgan fingerprint density at radius 3 is 2.05 bits per heavy atom. The number of aromatic amines is 1. The van der Waals surface area contributed by atoms with Crippen molar-refractivity contribution in [2.45, 2.75) is 6.18 Å². The number of benzene rings is 1. The Bertz CT molecular complexity index is 702. The lowest BCUT2D eigenvalue weighted by Gasteiger charge is -2.13. The predicted octanol–water partition coefficient (Wildman–Crippen LogP) is 5.02. The van der Waals surface area contributed by atoms with Crippen molar-refractivity contribution < 1.29 is 13.2 Å². The number of hydrogen-bond donors (Lipinski definition) is 1. The minimum absolute atomic E-state index is 0.0218. The van der Waals surface area contributed by atoms with Gasteiger partial charge in [-0.25, -0.2) is 0 Å². The lowest BCUT2D eigenvalue weighted by molar-refractivity contribution is -0.140. The van der Waals surface area contributed by atoms with Crippen LogP contribution in [0.4, 0.5) is 13.2 Å². The molecule has 0 atom stereocenters. The van der Waals surface area contributed by atoms with Crippen LogP contribution < -0.4 is 5.56 Å². The molecule has 1 aromatic carbocycles. The van der Waals surface area contributed by atoms with E-state index in [2.05, 4.69) is 0 Å². The van der Waals surface area contributed by atoms with Crippen LogP contribution in [0, 0.1) is 0 Å². The third-order valence-electron chi connectivity index (χ3n) is 2.50. The van der Waals surface area contributed by atoms with Crippen molar-refractivity contribution in [2.75, 3.05) is 0 Å². The van der Waals surface area contributed by atoms with Crippen molar-refractivity contribution in [1.29, 1.82) is 0 Å². The van der Waals surface area contributed by atoms with E-state index >= 15 is 0 Å². The highest BCUT2D eigenvalue weighted by Crippen LogP contribution is 2.39. The van der Waals surface area contributed by atoms with Crippen LogP contribution in [-0.4, -0.2) is 4.98 Å². The fourth-order valence-corrected chi connectivity index (χ4v) is 2.25. The number of nitrogens with one attached hydrogen (secondary N) is 1. The van der Waals surface area contributed by atoms with Gasteiger partial charge in [-0.3, -0.25) is 4.79 Å². The number of rotatable bonds is 1. The number of aromatic nitrogens is 1. The van der Waals surface area contributed by atoms with Crippen molar-refractivity contribution in [3.8, 4) is 11.1 Å². The molecule has 1 aromatic heterocycles. The smallest absolute Gasteiger partial charge is 0.318 e. The molecule has 0 saturated heterocycles. The number of halogens is 6. The van der Waals surface area contributed by atoms with Gasteiger partial charge >= 0.3 is 6.18 Å². The maximum atomic E-state index is 12.9. The van der Waals surface area contributed by atoms with E-state index in [1.54, 1.807) is 4.98 Å². The lowest BCUT2D eigenvalue weighted by Crippen LogP contribution is -2.17. The zero-order valence-electron chi connectivity index (χ0n) is 9.49. The molecular formula is C12H5Cl3F3NO. The second-order valence-electron chi connectivity index (χ2n) is 3.86. The summed E-state index contributed by atoms with van der Waals surface area (Å²) in [5.74, 6) is 0. The first kappa shape index (κ1) is 15.2. The van der Waals surface area contributed by atoms with Gasteiger partial charge in [0.1, 0.15) is 5.69 Å². The van der Waals surface area contributed by atoms with E-state index in [4.69, 9.17) is 34.8 Å². The topological polar surface area (TPSA) is 32.9 Å². The van der Waals surface area contributed by atoms with Crippen molar-refractivity contribution in [3.05, 3.63) is 55.4 Å². The van der Waals surface area contributed by atoms with Gasteiger partial charge in [0.25, 0.3) is 0 Å². The van der Waals surface area contributed by atoms with Gasteiger partial charge in [-0.05, 0) is 23.8 Å². The maximum Gasteiger partial charge on any atom is 0.431 e. The normalized spacial score (nSPS) is 11.7. The first-order valence-corrected chi connectivity index (χ1v) is 6.29. The number of pyridine rings is 1. The van der Waals surface area contributed by atoms with Gasteiger partial charge < -0.3 is 4.98 Å². The molecule has 0 aliphatic rings. The van der Waals surface area contributed by atoms with Crippen molar-refractivity contribution in [2.24, 2.45) is 0 Å². The van der Waals surface area contributed by atoms with Crippen molar-refractivity contribution >= 4 is 34.8 Å². The number of hydrogen-bond acceptors (Lipinski definition) is 1. The molecule has 0 amide bonds. The van der Waals surface area contributed by atoms with Gasteiger partial charge in [-0.2, -0.15) is 13.2 Å². The van der Waals surface area contributed by atoms with Crippen LogP contribution in [0.3, 0.4) is 0 Å². The Morgan fingerprint density at radius 2 is 1.55 bits per heavy atom. The minimum Gasteiger partial charge on any atom is -0.318 e.